The van der Waals surface area contributed by atoms with E-state index in [0.717, 1.165) is 12.3 Å². The van der Waals surface area contributed by atoms with E-state index in [0.29, 0.717) is 57.9 Å². The number of thiol groups is 2. The third-order valence-corrected chi connectivity index (χ3v) is 20.1. The SMILES string of the molecule is CC(=O)N[C@@H](CS)C(=O)N[C@@H](C)C(=O)N[C@@H](CC(=O)O)C(=O)N[C@@H](Cc1c[nH]c2ccccc12)C(=O)N[C@H](C(=O)N[C@@H](CS)C(=O)N[C@@H](Cc1ccc(O)cc1)C(=O)N[C@@H](Cc1cccc2ccccc12)C(=O)N[C@@H](CCCN)C(=O)N[C@@H](CN)C(=O)N[C@@H](Cc1ccccc1)C(=O)NCC(=O)NCCOCC(=O)N[C@H](CCCCN)C(N)=O)C(C)C. The summed E-state index contributed by atoms with van der Waals surface area (Å²) in [4.78, 5) is 223. The van der Waals surface area contributed by atoms with Crippen LogP contribution in [-0.2, 0) is 107 Å². The number of phenols is 1. The minimum absolute atomic E-state index is 0.00986. The van der Waals surface area contributed by atoms with E-state index in [-0.39, 0.29) is 76.1 Å². The monoisotopic (exact) mass is 1730 g/mol. The molecule has 0 saturated heterocycles. The molecule has 0 radical (unpaired) electrons. The van der Waals surface area contributed by atoms with Crippen LogP contribution in [0.3, 0.4) is 0 Å². The van der Waals surface area contributed by atoms with E-state index in [2.05, 4.69) is 105 Å². The Hall–Kier alpha value is -12.2. The summed E-state index contributed by atoms with van der Waals surface area (Å²) in [5.74, 6) is -16.2. The molecule has 5 aromatic carbocycles. The smallest absolute Gasteiger partial charge is 0.305 e. The predicted octanol–water partition coefficient (Wildman–Crippen LogP) is -3.29. The summed E-state index contributed by atoms with van der Waals surface area (Å²) in [6, 6.07) is 15.8. The van der Waals surface area contributed by atoms with Crippen LogP contribution in [0.15, 0.2) is 128 Å². The molecule has 6 rings (SSSR count). The van der Waals surface area contributed by atoms with Crippen molar-refractivity contribution in [1.29, 1.82) is 0 Å². The molecule has 0 aliphatic rings. The number of rotatable bonds is 52. The number of hydrogen-bond donors (Lipinski definition) is 23. The number of fused-ring (bicyclic) bond motifs is 2. The van der Waals surface area contributed by atoms with Crippen LogP contribution in [0.25, 0.3) is 21.7 Å². The Kier molecular flexibility index (Phi) is 41.0. The van der Waals surface area contributed by atoms with Crippen LogP contribution in [0.1, 0.15) is 88.5 Å². The lowest BCUT2D eigenvalue weighted by atomic mass is 9.97. The van der Waals surface area contributed by atoms with E-state index in [4.69, 9.17) is 27.7 Å². The molecule has 0 bridgehead atoms. The summed E-state index contributed by atoms with van der Waals surface area (Å²) in [5.41, 5.74) is 25.7. The maximum Gasteiger partial charge on any atom is 0.305 e. The number of para-hydroxylation sites is 1. The van der Waals surface area contributed by atoms with Gasteiger partial charge in [0, 0.05) is 74.3 Å². The van der Waals surface area contributed by atoms with Gasteiger partial charge >= 0.3 is 5.97 Å². The third-order valence-electron chi connectivity index (χ3n) is 19.3. The van der Waals surface area contributed by atoms with Crippen LogP contribution in [0, 0.1) is 5.92 Å². The van der Waals surface area contributed by atoms with Crippen LogP contribution in [0.4, 0.5) is 0 Å². The molecule has 122 heavy (non-hydrogen) atoms. The number of aromatic hydroxyl groups is 1. The number of aromatic nitrogens is 1. The van der Waals surface area contributed by atoms with Crippen molar-refractivity contribution < 1.29 is 91.7 Å². The fraction of sp³-hybridized carbons (Fsp3) is 0.439. The summed E-state index contributed by atoms with van der Waals surface area (Å²) >= 11 is 8.50. The van der Waals surface area contributed by atoms with Crippen molar-refractivity contribution in [2.75, 3.05) is 57.4 Å². The second kappa shape index (κ2) is 50.7. The molecule has 1 aromatic heterocycles. The Morgan fingerprint density at radius 3 is 1.54 bits per heavy atom. The van der Waals surface area contributed by atoms with Gasteiger partial charge in [0.1, 0.15) is 84.9 Å². The standard InChI is InChI=1S/C82H111N19O19S2/c1-45(2)70(101-78(115)62(37-52-40-88-56-23-11-10-22-55(52)56)98-77(114)63(38-69(106)107)94-72(109)46(3)90-80(117)65(43-121)91-47(4)102)82(119)100-66(44-122)81(118)96-60(35-49-26-28-53(103)29-27-49)75(112)97-61(36-51-20-14-19-50-18-8-9-21-54(50)51)76(113)93-58(25-15-31-84)74(111)99-64(39-85)79(116)95-59(34-48-16-6-5-7-17-48)73(110)89-41-67(104)87-32-33-120-42-68(105)92-57(71(86)108)24-12-13-30-83/h5-11,14,16-23,26-29,40,45-46,57-66,70,88,103,121-122H,12-13,15,24-25,30-39,41-44,83-85H2,1-4H3,(H2,86,108)(H,87,104)(H,89,110)(H,90,117)(H,91,102)(H,92,105)(H,93,113)(H,94,109)(H,95,116)(H,96,118)(H,97,112)(H,98,114)(H,99,111)(H,100,119)(H,101,115)(H,106,107)/t46-,57+,58-,59-,60-,61-,62-,63-,64-,65-,66-,70-/m0/s1. The van der Waals surface area contributed by atoms with Gasteiger partial charge in [-0.15, -0.1) is 0 Å². The van der Waals surface area contributed by atoms with Crippen molar-refractivity contribution in [2.45, 2.75) is 164 Å². The minimum atomic E-state index is -1.87. The number of carboxylic acid groups (broad SMARTS) is 1. The van der Waals surface area contributed by atoms with Gasteiger partial charge in [-0.1, -0.05) is 117 Å². The summed E-state index contributed by atoms with van der Waals surface area (Å²) in [6.45, 7) is 4.13. The lowest BCUT2D eigenvalue weighted by Gasteiger charge is -2.29. The van der Waals surface area contributed by atoms with Crippen LogP contribution < -0.4 is 97.4 Å². The van der Waals surface area contributed by atoms with Gasteiger partial charge in [-0.3, -0.25) is 76.7 Å². The summed E-state index contributed by atoms with van der Waals surface area (Å²) in [7, 11) is 0. The fourth-order valence-electron chi connectivity index (χ4n) is 12.8. The number of nitrogens with one attached hydrogen (secondary N) is 15. The van der Waals surface area contributed by atoms with Crippen LogP contribution in [0.2, 0.25) is 0 Å². The second-order valence-corrected chi connectivity index (χ2v) is 30.0. The van der Waals surface area contributed by atoms with Gasteiger partial charge in [0.25, 0.3) is 0 Å². The number of unbranched alkanes of at least 4 members (excludes halogenated alkanes) is 1. The zero-order valence-electron chi connectivity index (χ0n) is 68.1. The van der Waals surface area contributed by atoms with Gasteiger partial charge in [0.2, 0.25) is 88.6 Å². The highest BCUT2D eigenvalue weighted by Crippen LogP contribution is 2.23. The first-order chi connectivity index (χ1) is 58.3. The first kappa shape index (κ1) is 98.6. The summed E-state index contributed by atoms with van der Waals surface area (Å²) < 4.78 is 5.34. The van der Waals surface area contributed by atoms with Crippen molar-refractivity contribution in [3.8, 4) is 5.75 Å². The maximum atomic E-state index is 15.3. The van der Waals surface area contributed by atoms with Gasteiger partial charge in [0.05, 0.1) is 19.6 Å². The van der Waals surface area contributed by atoms with Crippen LogP contribution >= 0.6 is 25.3 Å². The summed E-state index contributed by atoms with van der Waals surface area (Å²) in [6.07, 6.45) is 1.04. The van der Waals surface area contributed by atoms with Gasteiger partial charge in [-0.2, -0.15) is 25.3 Å². The molecule has 38 nitrogen and oxygen atoms in total. The van der Waals surface area contributed by atoms with E-state index in [1.165, 1.54) is 31.2 Å². The van der Waals surface area contributed by atoms with Crippen molar-refractivity contribution in [3.05, 3.63) is 150 Å². The molecule has 25 N–H and O–H groups in total. The zero-order valence-corrected chi connectivity index (χ0v) is 69.9. The molecule has 660 valence electrons. The Bertz CT molecular complexity index is 4600. The number of carbonyl (C=O) groups excluding carboxylic acids is 15. The first-order valence-corrected chi connectivity index (χ1v) is 40.9. The van der Waals surface area contributed by atoms with Crippen molar-refractivity contribution in [2.24, 2.45) is 28.9 Å². The highest BCUT2D eigenvalue weighted by molar-refractivity contribution is 7.80. The zero-order chi connectivity index (χ0) is 89.5. The molecular weight excluding hydrogens is 1620 g/mol. The number of aromatic amines is 1. The quantitative estimate of drug-likeness (QED) is 0.0131. The molecule has 0 aliphatic carbocycles. The second-order valence-electron chi connectivity index (χ2n) is 29.2. The van der Waals surface area contributed by atoms with E-state index in [1.54, 1.807) is 105 Å². The van der Waals surface area contributed by atoms with Crippen molar-refractivity contribution >= 4 is 142 Å². The molecule has 6 aromatic rings. The average molecular weight is 1730 g/mol. The minimum Gasteiger partial charge on any atom is -0.508 e. The van der Waals surface area contributed by atoms with Gasteiger partial charge in [-0.05, 0) is 109 Å². The number of nitrogens with two attached hydrogens (primary N) is 4. The fourth-order valence-corrected chi connectivity index (χ4v) is 13.3. The first-order valence-electron chi connectivity index (χ1n) is 39.7. The number of H-pyrrole nitrogens is 1. The largest absolute Gasteiger partial charge is 0.508 e. The number of benzene rings is 5. The number of amides is 15. The molecular formula is C82H111N19O19S2. The van der Waals surface area contributed by atoms with Crippen molar-refractivity contribution in [1.82, 2.24) is 79.4 Å². The molecule has 15 amide bonds. The van der Waals surface area contributed by atoms with Crippen LogP contribution in [-0.4, -0.2) is 240 Å². The number of carboxylic acids is 1. The number of hydrogen-bond acceptors (Lipinski definition) is 23. The lowest BCUT2D eigenvalue weighted by Crippen LogP contribution is -2.62. The van der Waals surface area contributed by atoms with Gasteiger partial charge in [-0.25, -0.2) is 0 Å². The number of carbonyl (C=O) groups is 16. The average Bonchev–Trinajstić information content (AvgIpc) is 1.26. The molecule has 0 unspecified atom stereocenters. The maximum absolute atomic E-state index is 15.3. The highest BCUT2D eigenvalue weighted by atomic mass is 32.1. The van der Waals surface area contributed by atoms with Gasteiger partial charge in [0.15, 0.2) is 0 Å². The Labute approximate surface area is 715 Å². The molecule has 0 fully saturated rings. The van der Waals surface area contributed by atoms with E-state index >= 15 is 9.59 Å². The van der Waals surface area contributed by atoms with Gasteiger partial charge < -0.3 is 117 Å². The Morgan fingerprint density at radius 2 is 0.934 bits per heavy atom. The van der Waals surface area contributed by atoms with Crippen LogP contribution in [0.5, 0.6) is 5.75 Å². The number of primary amides is 1. The lowest BCUT2D eigenvalue weighted by molar-refractivity contribution is -0.141. The van der Waals surface area contributed by atoms with Crippen molar-refractivity contribution in [3.63, 3.8) is 0 Å². The van der Waals surface area contributed by atoms with E-state index in [1.807, 2.05) is 12.1 Å². The number of phenolic OH excluding ortho intramolecular Hbond substituents is 1. The predicted molar refractivity (Wildman–Crippen MR) is 457 cm³/mol. The molecule has 1 heterocycles. The molecule has 40 heteroatoms. The molecule has 0 saturated carbocycles. The highest BCUT2D eigenvalue weighted by Gasteiger charge is 2.38. The number of aliphatic carboxylic acids is 1. The topological polar surface area (TPSA) is 611 Å². The summed E-state index contributed by atoms with van der Waals surface area (Å²) in [5, 5.41) is 58.0. The molecule has 12 atom stereocenters. The van der Waals surface area contributed by atoms with E-state index < -0.39 is 205 Å². The third kappa shape index (κ3) is 32.4. The normalized spacial score (nSPS) is 14.1. The molecule has 0 spiro atoms. The number of ether oxygens (including phenoxy) is 1. The Balaban J connectivity index is 1.20. The molecule has 0 aliphatic heterocycles. The van der Waals surface area contributed by atoms with E-state index in [9.17, 15) is 77.3 Å². The Morgan fingerprint density at radius 1 is 0.443 bits per heavy atom.